The van der Waals surface area contributed by atoms with Crippen LogP contribution in [0.5, 0.6) is 0 Å². The van der Waals surface area contributed by atoms with E-state index in [-0.39, 0.29) is 5.91 Å². The Morgan fingerprint density at radius 2 is 1.69 bits per heavy atom. The number of nitrogens with one attached hydrogen (secondary N) is 2. The number of nitrogens with zero attached hydrogens (tertiary/aromatic N) is 2. The quantitative estimate of drug-likeness (QED) is 0.485. The Kier molecular flexibility index (Phi) is 4.96. The minimum Gasteiger partial charge on any atom is -0.354 e. The molecule has 0 radical (unpaired) electrons. The van der Waals surface area contributed by atoms with Gasteiger partial charge in [-0.2, -0.15) is 0 Å². The van der Waals surface area contributed by atoms with Crippen LogP contribution in [-0.4, -0.2) is 15.9 Å². The first-order chi connectivity index (χ1) is 14.0. The Hall–Kier alpha value is -3.73. The van der Waals surface area contributed by atoms with Gasteiger partial charge in [0.05, 0.1) is 28.7 Å². The first-order valence-electron chi connectivity index (χ1n) is 9.46. The molecule has 1 amide bonds. The van der Waals surface area contributed by atoms with Crippen molar-refractivity contribution in [3.63, 3.8) is 0 Å². The summed E-state index contributed by atoms with van der Waals surface area (Å²) in [6.07, 6.45) is 5.00. The standard InChI is InChI=1S/C24H22N4O/c1-15-10-16(2)22(17(3)11-15)27-20-12-19(13-25-14-20)24(29)28-21-8-4-6-18-7-5-9-26-23(18)21/h4-14,27H,1-3H3,(H,28,29). The SMILES string of the molecule is Cc1cc(C)c(Nc2cncc(C(=O)Nc3cccc4cccnc34)c2)c(C)c1. The first kappa shape index (κ1) is 18.6. The van der Waals surface area contributed by atoms with Crippen molar-refractivity contribution in [1.29, 1.82) is 0 Å². The number of aromatic nitrogens is 2. The highest BCUT2D eigenvalue weighted by molar-refractivity contribution is 6.08. The zero-order valence-electron chi connectivity index (χ0n) is 16.7. The highest BCUT2D eigenvalue weighted by Gasteiger charge is 2.11. The van der Waals surface area contributed by atoms with Crippen LogP contribution in [0, 0.1) is 20.8 Å². The molecule has 0 atom stereocenters. The zero-order chi connectivity index (χ0) is 20.4. The van der Waals surface area contributed by atoms with Crippen LogP contribution >= 0.6 is 0 Å². The van der Waals surface area contributed by atoms with Gasteiger partial charge in [-0.05, 0) is 50.1 Å². The van der Waals surface area contributed by atoms with E-state index in [4.69, 9.17) is 0 Å². The lowest BCUT2D eigenvalue weighted by Crippen LogP contribution is -2.13. The molecule has 0 fully saturated rings. The van der Waals surface area contributed by atoms with Crippen LogP contribution in [0.15, 0.2) is 67.1 Å². The Labute approximate surface area is 169 Å². The monoisotopic (exact) mass is 382 g/mol. The number of amides is 1. The van der Waals surface area contributed by atoms with Crippen molar-refractivity contribution in [2.24, 2.45) is 0 Å². The van der Waals surface area contributed by atoms with Gasteiger partial charge in [-0.1, -0.05) is 35.9 Å². The molecule has 4 aromatic rings. The number of fused-ring (bicyclic) bond motifs is 1. The van der Waals surface area contributed by atoms with Gasteiger partial charge in [-0.15, -0.1) is 0 Å². The van der Waals surface area contributed by atoms with Gasteiger partial charge in [0.15, 0.2) is 0 Å². The molecule has 144 valence electrons. The molecular formula is C24H22N4O. The van der Waals surface area contributed by atoms with E-state index in [0.717, 1.165) is 33.4 Å². The number of anilines is 3. The second-order valence-electron chi connectivity index (χ2n) is 7.20. The van der Waals surface area contributed by atoms with Crippen LogP contribution in [0.3, 0.4) is 0 Å². The highest BCUT2D eigenvalue weighted by atomic mass is 16.1. The predicted molar refractivity (Wildman–Crippen MR) is 118 cm³/mol. The fourth-order valence-corrected chi connectivity index (χ4v) is 3.55. The van der Waals surface area contributed by atoms with Crippen molar-refractivity contribution in [3.8, 4) is 0 Å². The Bertz CT molecular complexity index is 1190. The normalized spacial score (nSPS) is 10.7. The van der Waals surface area contributed by atoms with E-state index in [9.17, 15) is 4.79 Å². The molecule has 0 aliphatic rings. The molecule has 2 aromatic heterocycles. The molecule has 0 bridgehead atoms. The summed E-state index contributed by atoms with van der Waals surface area (Å²) in [7, 11) is 0. The van der Waals surface area contributed by atoms with Gasteiger partial charge in [0.25, 0.3) is 5.91 Å². The Morgan fingerprint density at radius 1 is 0.931 bits per heavy atom. The third kappa shape index (κ3) is 3.94. The summed E-state index contributed by atoms with van der Waals surface area (Å²) in [4.78, 5) is 21.5. The molecule has 0 unspecified atom stereocenters. The minimum absolute atomic E-state index is 0.225. The van der Waals surface area contributed by atoms with Crippen LogP contribution in [-0.2, 0) is 0 Å². The van der Waals surface area contributed by atoms with E-state index >= 15 is 0 Å². The summed E-state index contributed by atoms with van der Waals surface area (Å²) < 4.78 is 0. The number of hydrogen-bond acceptors (Lipinski definition) is 4. The number of rotatable bonds is 4. The number of pyridine rings is 2. The molecule has 0 spiro atoms. The average Bonchev–Trinajstić information content (AvgIpc) is 2.71. The number of hydrogen-bond donors (Lipinski definition) is 2. The molecule has 0 saturated heterocycles. The van der Waals surface area contributed by atoms with Gasteiger partial charge < -0.3 is 10.6 Å². The smallest absolute Gasteiger partial charge is 0.257 e. The lowest BCUT2D eigenvalue weighted by molar-refractivity contribution is 0.102. The van der Waals surface area contributed by atoms with Gasteiger partial charge in [0, 0.05) is 23.5 Å². The lowest BCUT2D eigenvalue weighted by atomic mass is 10.0. The Balaban J connectivity index is 1.59. The van der Waals surface area contributed by atoms with Crippen molar-refractivity contribution in [1.82, 2.24) is 9.97 Å². The van der Waals surface area contributed by atoms with Crippen LogP contribution in [0.4, 0.5) is 17.1 Å². The van der Waals surface area contributed by atoms with E-state index in [1.165, 1.54) is 5.56 Å². The van der Waals surface area contributed by atoms with Crippen molar-refractivity contribution >= 4 is 33.9 Å². The van der Waals surface area contributed by atoms with E-state index < -0.39 is 0 Å². The molecule has 2 aromatic carbocycles. The van der Waals surface area contributed by atoms with E-state index in [1.807, 2.05) is 30.3 Å². The summed E-state index contributed by atoms with van der Waals surface area (Å²) in [6.45, 7) is 6.22. The molecule has 5 nitrogen and oxygen atoms in total. The lowest BCUT2D eigenvalue weighted by Gasteiger charge is -2.14. The second-order valence-corrected chi connectivity index (χ2v) is 7.20. The first-order valence-corrected chi connectivity index (χ1v) is 9.46. The third-order valence-electron chi connectivity index (χ3n) is 4.83. The summed E-state index contributed by atoms with van der Waals surface area (Å²) in [5.74, 6) is -0.225. The molecule has 5 heteroatoms. The van der Waals surface area contributed by atoms with E-state index in [1.54, 1.807) is 24.7 Å². The van der Waals surface area contributed by atoms with Crippen molar-refractivity contribution in [3.05, 3.63) is 89.4 Å². The van der Waals surface area contributed by atoms with Gasteiger partial charge in [0.1, 0.15) is 0 Å². The number of carbonyl (C=O) groups is 1. The molecule has 2 N–H and O–H groups in total. The Morgan fingerprint density at radius 3 is 2.48 bits per heavy atom. The fourth-order valence-electron chi connectivity index (χ4n) is 3.55. The molecule has 2 heterocycles. The van der Waals surface area contributed by atoms with Crippen LogP contribution < -0.4 is 10.6 Å². The molecule has 0 aliphatic heterocycles. The van der Waals surface area contributed by atoms with Gasteiger partial charge in [0.2, 0.25) is 0 Å². The van der Waals surface area contributed by atoms with E-state index in [0.29, 0.717) is 11.3 Å². The fraction of sp³-hybridized carbons (Fsp3) is 0.125. The predicted octanol–water partition coefficient (Wildman–Crippen LogP) is 5.55. The molecule has 29 heavy (non-hydrogen) atoms. The summed E-state index contributed by atoms with van der Waals surface area (Å²) in [5.41, 5.74) is 7.24. The van der Waals surface area contributed by atoms with Crippen molar-refractivity contribution in [2.75, 3.05) is 10.6 Å². The zero-order valence-corrected chi connectivity index (χ0v) is 16.7. The number of para-hydroxylation sites is 1. The summed E-state index contributed by atoms with van der Waals surface area (Å²) in [5, 5.41) is 7.33. The number of aryl methyl sites for hydroxylation is 3. The second kappa shape index (κ2) is 7.72. The van der Waals surface area contributed by atoms with Crippen molar-refractivity contribution < 1.29 is 4.79 Å². The average molecular weight is 382 g/mol. The molecule has 0 aliphatic carbocycles. The van der Waals surface area contributed by atoms with Crippen LogP contribution in [0.25, 0.3) is 10.9 Å². The summed E-state index contributed by atoms with van der Waals surface area (Å²) in [6, 6.07) is 15.6. The van der Waals surface area contributed by atoms with E-state index in [2.05, 4.69) is 53.5 Å². The number of benzene rings is 2. The maximum absolute atomic E-state index is 12.8. The topological polar surface area (TPSA) is 66.9 Å². The largest absolute Gasteiger partial charge is 0.354 e. The highest BCUT2D eigenvalue weighted by Crippen LogP contribution is 2.26. The summed E-state index contributed by atoms with van der Waals surface area (Å²) >= 11 is 0. The molecule has 0 saturated carbocycles. The third-order valence-corrected chi connectivity index (χ3v) is 4.83. The number of carbonyl (C=O) groups excluding carboxylic acids is 1. The molecular weight excluding hydrogens is 360 g/mol. The van der Waals surface area contributed by atoms with Crippen molar-refractivity contribution in [2.45, 2.75) is 20.8 Å². The van der Waals surface area contributed by atoms with Crippen LogP contribution in [0.2, 0.25) is 0 Å². The molecule has 4 rings (SSSR count). The van der Waals surface area contributed by atoms with Crippen LogP contribution in [0.1, 0.15) is 27.0 Å². The van der Waals surface area contributed by atoms with Gasteiger partial charge in [-0.3, -0.25) is 14.8 Å². The maximum Gasteiger partial charge on any atom is 0.257 e. The minimum atomic E-state index is -0.225. The maximum atomic E-state index is 12.8. The van der Waals surface area contributed by atoms with Gasteiger partial charge in [-0.25, -0.2) is 0 Å². The van der Waals surface area contributed by atoms with Gasteiger partial charge >= 0.3 is 0 Å².